The molecule has 54 valence electrons. The molecule has 9 heavy (non-hydrogen) atoms. The van der Waals surface area contributed by atoms with E-state index in [-0.39, 0.29) is 11.2 Å². The van der Waals surface area contributed by atoms with Crippen LogP contribution < -0.4 is 4.72 Å². The lowest BCUT2D eigenvalue weighted by Crippen LogP contribution is -2.54. The molecule has 0 radical (unpaired) electrons. The van der Waals surface area contributed by atoms with Crippen LogP contribution in [0.1, 0.15) is 13.8 Å². The highest BCUT2D eigenvalue weighted by Gasteiger charge is 2.36. The van der Waals surface area contributed by atoms with Gasteiger partial charge in [-0.3, -0.25) is 0 Å². The first kappa shape index (κ1) is 7.02. The van der Waals surface area contributed by atoms with Crippen LogP contribution in [0.2, 0.25) is 0 Å². The van der Waals surface area contributed by atoms with Crippen molar-refractivity contribution in [2.45, 2.75) is 19.1 Å². The Morgan fingerprint density at radius 1 is 1.56 bits per heavy atom. The molecule has 1 heterocycles. The van der Waals surface area contributed by atoms with Crippen LogP contribution >= 0.6 is 0 Å². The Balaban J connectivity index is 2.67. The van der Waals surface area contributed by atoms with Gasteiger partial charge in [-0.05, 0) is 5.92 Å². The first-order valence-electron chi connectivity index (χ1n) is 3.02. The normalized spacial score (nSPS) is 32.1. The second-order valence-corrected chi connectivity index (χ2v) is 4.66. The maximum atomic E-state index is 10.7. The highest BCUT2D eigenvalue weighted by Crippen LogP contribution is 2.17. The van der Waals surface area contributed by atoms with Crippen molar-refractivity contribution >= 4 is 10.0 Å². The van der Waals surface area contributed by atoms with Gasteiger partial charge in [-0.1, -0.05) is 13.8 Å². The molecule has 0 spiro atoms. The number of nitrogens with one attached hydrogen (secondary N) is 1. The fraction of sp³-hybridized carbons (Fsp3) is 1.00. The third-order valence-corrected chi connectivity index (χ3v) is 3.71. The summed E-state index contributed by atoms with van der Waals surface area (Å²) in [5.41, 5.74) is 0. The van der Waals surface area contributed by atoms with Gasteiger partial charge in [0.05, 0.1) is 5.25 Å². The lowest BCUT2D eigenvalue weighted by molar-refractivity contribution is 0.474. The van der Waals surface area contributed by atoms with E-state index in [1.807, 2.05) is 13.8 Å². The van der Waals surface area contributed by atoms with Crippen LogP contribution in [0.15, 0.2) is 0 Å². The zero-order valence-corrected chi connectivity index (χ0v) is 6.40. The number of rotatable bonds is 1. The molecule has 1 unspecified atom stereocenters. The van der Waals surface area contributed by atoms with Crippen LogP contribution in [-0.2, 0) is 10.0 Å². The summed E-state index contributed by atoms with van der Waals surface area (Å²) in [6.45, 7) is 4.46. The molecule has 0 aromatic rings. The van der Waals surface area contributed by atoms with Gasteiger partial charge in [0.25, 0.3) is 0 Å². The maximum absolute atomic E-state index is 10.7. The first-order chi connectivity index (χ1) is 4.04. The van der Waals surface area contributed by atoms with Crippen molar-refractivity contribution < 1.29 is 8.42 Å². The average molecular weight is 149 g/mol. The van der Waals surface area contributed by atoms with Gasteiger partial charge in [-0.2, -0.15) is 0 Å². The molecule has 1 saturated heterocycles. The summed E-state index contributed by atoms with van der Waals surface area (Å²) in [5, 5.41) is -0.141. The van der Waals surface area contributed by atoms with Crippen LogP contribution in [0.5, 0.6) is 0 Å². The zero-order valence-electron chi connectivity index (χ0n) is 5.59. The smallest absolute Gasteiger partial charge is 0.214 e. The monoisotopic (exact) mass is 149 g/mol. The van der Waals surface area contributed by atoms with Crippen molar-refractivity contribution in [3.05, 3.63) is 0 Å². The van der Waals surface area contributed by atoms with Gasteiger partial charge in [0.15, 0.2) is 0 Å². The molecule has 1 atom stereocenters. The molecule has 3 nitrogen and oxygen atoms in total. The van der Waals surface area contributed by atoms with Crippen molar-refractivity contribution in [3.63, 3.8) is 0 Å². The Morgan fingerprint density at radius 3 is 2.11 bits per heavy atom. The third kappa shape index (κ3) is 1.09. The average Bonchev–Trinajstić information content (AvgIpc) is 1.62. The number of hydrogen-bond donors (Lipinski definition) is 1. The largest absolute Gasteiger partial charge is 0.216 e. The van der Waals surface area contributed by atoms with Crippen LogP contribution in [-0.4, -0.2) is 20.2 Å². The van der Waals surface area contributed by atoms with E-state index in [0.717, 1.165) is 0 Å². The zero-order chi connectivity index (χ0) is 7.07. The number of sulfonamides is 1. The fourth-order valence-electron chi connectivity index (χ4n) is 0.910. The molecule has 1 rings (SSSR count). The van der Waals surface area contributed by atoms with Crippen molar-refractivity contribution in [3.8, 4) is 0 Å². The molecule has 1 N–H and O–H groups in total. The third-order valence-electron chi connectivity index (χ3n) is 1.63. The Hall–Kier alpha value is -0.0900. The summed E-state index contributed by atoms with van der Waals surface area (Å²) in [6.07, 6.45) is 0. The predicted octanol–water partition coefficient (Wildman–Crippen LogP) is -0.0560. The van der Waals surface area contributed by atoms with Crippen LogP contribution in [0.3, 0.4) is 0 Å². The summed E-state index contributed by atoms with van der Waals surface area (Å²) in [4.78, 5) is 0. The Bertz CT molecular complexity index is 195. The van der Waals surface area contributed by atoms with Gasteiger partial charge in [0.2, 0.25) is 10.0 Å². The molecule has 0 saturated carbocycles. The van der Waals surface area contributed by atoms with Crippen LogP contribution in [0.25, 0.3) is 0 Å². The van der Waals surface area contributed by atoms with E-state index < -0.39 is 10.0 Å². The quantitative estimate of drug-likeness (QED) is 0.568. The molecule has 1 aliphatic rings. The van der Waals surface area contributed by atoms with E-state index >= 15 is 0 Å². The molecule has 0 aromatic carbocycles. The molecule has 1 fully saturated rings. The second-order valence-electron chi connectivity index (χ2n) is 2.68. The minimum Gasteiger partial charge on any atom is -0.214 e. The van der Waals surface area contributed by atoms with Crippen molar-refractivity contribution in [1.82, 2.24) is 4.72 Å². The molecule has 0 amide bonds. The summed E-state index contributed by atoms with van der Waals surface area (Å²) in [7, 11) is -2.87. The fourth-order valence-corrected chi connectivity index (χ4v) is 2.26. The SMILES string of the molecule is CC(C)C1CNS1(=O)=O. The second kappa shape index (κ2) is 1.95. The standard InChI is InChI=1S/C5H11NO2S/c1-4(2)5-3-6-9(5,7)8/h4-6H,3H2,1-2H3. The van der Waals surface area contributed by atoms with E-state index in [2.05, 4.69) is 4.72 Å². The molecule has 0 aliphatic carbocycles. The highest BCUT2D eigenvalue weighted by molar-refractivity contribution is 7.91. The Morgan fingerprint density at radius 2 is 2.11 bits per heavy atom. The lowest BCUT2D eigenvalue weighted by Gasteiger charge is -2.29. The van der Waals surface area contributed by atoms with Crippen molar-refractivity contribution in [2.24, 2.45) is 5.92 Å². The summed E-state index contributed by atoms with van der Waals surface area (Å²) < 4.78 is 23.9. The number of hydrogen-bond acceptors (Lipinski definition) is 2. The molecule has 0 bridgehead atoms. The highest BCUT2D eigenvalue weighted by atomic mass is 32.2. The molecule has 0 aromatic heterocycles. The maximum Gasteiger partial charge on any atom is 0.216 e. The van der Waals surface area contributed by atoms with Crippen molar-refractivity contribution in [1.29, 1.82) is 0 Å². The van der Waals surface area contributed by atoms with Gasteiger partial charge in [-0.25, -0.2) is 13.1 Å². The summed E-state index contributed by atoms with van der Waals surface area (Å²) in [6, 6.07) is 0. The van der Waals surface area contributed by atoms with Crippen LogP contribution in [0.4, 0.5) is 0 Å². The van der Waals surface area contributed by atoms with E-state index in [0.29, 0.717) is 6.54 Å². The van der Waals surface area contributed by atoms with E-state index in [1.165, 1.54) is 0 Å². The summed E-state index contributed by atoms with van der Waals surface area (Å²) >= 11 is 0. The van der Waals surface area contributed by atoms with Gasteiger partial charge in [0, 0.05) is 6.54 Å². The first-order valence-corrected chi connectivity index (χ1v) is 4.57. The van der Waals surface area contributed by atoms with Crippen LogP contribution in [0, 0.1) is 5.92 Å². The minimum absolute atomic E-state index is 0.141. The molecule has 4 heteroatoms. The lowest BCUT2D eigenvalue weighted by atomic mass is 10.1. The van der Waals surface area contributed by atoms with Gasteiger partial charge in [0.1, 0.15) is 0 Å². The Kier molecular flexibility index (Phi) is 1.52. The minimum atomic E-state index is -2.87. The molecule has 1 aliphatic heterocycles. The predicted molar refractivity (Wildman–Crippen MR) is 35.5 cm³/mol. The van der Waals surface area contributed by atoms with Gasteiger partial charge in [-0.15, -0.1) is 0 Å². The van der Waals surface area contributed by atoms with E-state index in [9.17, 15) is 8.42 Å². The molecular formula is C5H11NO2S. The van der Waals surface area contributed by atoms with E-state index in [4.69, 9.17) is 0 Å². The van der Waals surface area contributed by atoms with Gasteiger partial charge < -0.3 is 0 Å². The topological polar surface area (TPSA) is 46.2 Å². The van der Waals surface area contributed by atoms with E-state index in [1.54, 1.807) is 0 Å². The molecular weight excluding hydrogens is 138 g/mol. The van der Waals surface area contributed by atoms with Gasteiger partial charge >= 0.3 is 0 Å². The summed E-state index contributed by atoms with van der Waals surface area (Å²) in [5.74, 6) is 0.247. The Labute approximate surface area is 55.5 Å². The van der Waals surface area contributed by atoms with Crippen molar-refractivity contribution in [2.75, 3.05) is 6.54 Å².